The molecule has 0 aliphatic heterocycles. The van der Waals surface area contributed by atoms with E-state index in [1.165, 1.54) is 23.5 Å². The molecule has 8 nitrogen and oxygen atoms in total. The number of pyridine rings is 1. The highest BCUT2D eigenvalue weighted by Crippen LogP contribution is 2.30. The second-order valence-electron chi connectivity index (χ2n) is 10.0. The summed E-state index contributed by atoms with van der Waals surface area (Å²) < 4.78 is 34.0. The number of ether oxygens (including phenoxy) is 1. The van der Waals surface area contributed by atoms with Gasteiger partial charge in [-0.2, -0.15) is 4.31 Å². The number of amides is 1. The summed E-state index contributed by atoms with van der Waals surface area (Å²) in [5.74, 6) is 0.0103. The van der Waals surface area contributed by atoms with Crippen molar-refractivity contribution in [2.45, 2.75) is 71.0 Å². The molecule has 0 saturated heterocycles. The maximum Gasteiger partial charge on any atom is 0.262 e. The average molecular weight is 478 g/mol. The van der Waals surface area contributed by atoms with Crippen molar-refractivity contribution in [3.05, 3.63) is 54.4 Å². The highest BCUT2D eigenvalue weighted by Gasteiger charge is 2.39. The van der Waals surface area contributed by atoms with Crippen LogP contribution in [0.5, 0.6) is 5.75 Å². The van der Waals surface area contributed by atoms with E-state index in [1.54, 1.807) is 57.4 Å². The average Bonchev–Trinajstić information content (AvgIpc) is 2.74. The number of sulfonamides is 1. The zero-order chi connectivity index (χ0) is 24.9. The molecule has 1 atom stereocenters. The summed E-state index contributed by atoms with van der Waals surface area (Å²) in [6.07, 6.45) is 3.48. The first-order valence-corrected chi connectivity index (χ1v) is 12.2. The van der Waals surface area contributed by atoms with Crippen molar-refractivity contribution in [2.24, 2.45) is 5.41 Å². The molecular formula is C24H35N3O5S. The Hall–Kier alpha value is -2.49. The normalized spacial score (nSPS) is 13.6. The molecule has 0 fully saturated rings. The second-order valence-corrected chi connectivity index (χ2v) is 11.9. The molecule has 1 amide bonds. The van der Waals surface area contributed by atoms with Gasteiger partial charge in [-0.25, -0.2) is 13.9 Å². The van der Waals surface area contributed by atoms with Crippen molar-refractivity contribution in [3.8, 4) is 5.75 Å². The van der Waals surface area contributed by atoms with Crippen LogP contribution in [0.3, 0.4) is 0 Å². The summed E-state index contributed by atoms with van der Waals surface area (Å²) in [5.41, 5.74) is 2.16. The molecular weight excluding hydrogens is 442 g/mol. The van der Waals surface area contributed by atoms with E-state index < -0.39 is 27.6 Å². The fourth-order valence-corrected chi connectivity index (χ4v) is 4.67. The van der Waals surface area contributed by atoms with Crippen LogP contribution in [-0.2, 0) is 26.2 Å². The van der Waals surface area contributed by atoms with Crippen molar-refractivity contribution in [1.29, 1.82) is 0 Å². The van der Waals surface area contributed by atoms with Gasteiger partial charge in [0.25, 0.3) is 5.91 Å². The van der Waals surface area contributed by atoms with Crippen LogP contribution in [0, 0.1) is 5.41 Å². The minimum absolute atomic E-state index is 0.0219. The Morgan fingerprint density at radius 3 is 2.21 bits per heavy atom. The largest absolute Gasteiger partial charge is 0.497 e. The number of aromatic nitrogens is 1. The highest BCUT2D eigenvalue weighted by molar-refractivity contribution is 7.89. The van der Waals surface area contributed by atoms with E-state index in [-0.39, 0.29) is 23.3 Å². The molecule has 182 valence electrons. The quantitative estimate of drug-likeness (QED) is 0.550. The number of hydroxylamine groups is 1. The summed E-state index contributed by atoms with van der Waals surface area (Å²) in [4.78, 5) is 23.0. The Labute approximate surface area is 197 Å². The van der Waals surface area contributed by atoms with Crippen LogP contribution in [0.4, 0.5) is 0 Å². The molecule has 0 aliphatic carbocycles. The fraction of sp³-hybridized carbons (Fsp3) is 0.500. The Morgan fingerprint density at radius 2 is 1.73 bits per heavy atom. The summed E-state index contributed by atoms with van der Waals surface area (Å²) >= 11 is 0. The number of rotatable bonds is 9. The van der Waals surface area contributed by atoms with Crippen LogP contribution in [0.15, 0.2) is 53.7 Å². The van der Waals surface area contributed by atoms with E-state index in [0.717, 1.165) is 0 Å². The zero-order valence-electron chi connectivity index (χ0n) is 20.5. The van der Waals surface area contributed by atoms with Crippen LogP contribution in [0.2, 0.25) is 0 Å². The number of carbonyl (C=O) groups is 1. The predicted octanol–water partition coefficient (Wildman–Crippen LogP) is 3.93. The molecule has 1 heterocycles. The lowest BCUT2D eigenvalue weighted by molar-refractivity contribution is -0.150. The van der Waals surface area contributed by atoms with E-state index >= 15 is 0 Å². The Bertz CT molecular complexity index is 1010. The maximum absolute atomic E-state index is 13.8. The molecule has 1 N–H and O–H groups in total. The molecule has 0 spiro atoms. The van der Waals surface area contributed by atoms with Crippen LogP contribution >= 0.6 is 0 Å². The van der Waals surface area contributed by atoms with Gasteiger partial charge in [0.1, 0.15) is 11.8 Å². The molecule has 9 heteroatoms. The number of carbonyl (C=O) groups excluding carboxylic acids is 1. The lowest BCUT2D eigenvalue weighted by atomic mass is 9.87. The van der Waals surface area contributed by atoms with Crippen molar-refractivity contribution in [2.75, 3.05) is 7.11 Å². The number of hydrogen-bond donors (Lipinski definition) is 1. The van der Waals surface area contributed by atoms with Gasteiger partial charge >= 0.3 is 0 Å². The first-order valence-electron chi connectivity index (χ1n) is 10.8. The second kappa shape index (κ2) is 10.6. The molecule has 0 saturated carbocycles. The minimum atomic E-state index is -4.06. The third-order valence-electron chi connectivity index (χ3n) is 4.64. The lowest BCUT2D eigenvalue weighted by Crippen LogP contribution is -2.51. The van der Waals surface area contributed by atoms with E-state index in [9.17, 15) is 13.2 Å². The van der Waals surface area contributed by atoms with Gasteiger partial charge in [0.15, 0.2) is 0 Å². The number of nitrogens with one attached hydrogen (secondary N) is 1. The van der Waals surface area contributed by atoms with Crippen LogP contribution in [0.1, 0.15) is 53.5 Å². The molecule has 2 aromatic rings. The van der Waals surface area contributed by atoms with E-state index in [1.807, 2.05) is 20.8 Å². The Balaban J connectivity index is 2.55. The standard InChI is InChI=1S/C24H35N3O5S/c1-23(2,3)15-21(22(28)26-32-24(4,5)6)27(17-18-9-8-14-25-16-18)33(29,30)20-12-10-19(31-7)11-13-20/h8-14,16,21H,15,17H2,1-7H3,(H,26,28)/t21-/m1/s1. The maximum atomic E-state index is 13.8. The smallest absolute Gasteiger partial charge is 0.262 e. The van der Waals surface area contributed by atoms with Crippen molar-refractivity contribution in [3.63, 3.8) is 0 Å². The van der Waals surface area contributed by atoms with Gasteiger partial charge in [-0.3, -0.25) is 14.6 Å². The summed E-state index contributed by atoms with van der Waals surface area (Å²) in [6, 6.07) is 8.60. The summed E-state index contributed by atoms with van der Waals surface area (Å²) in [5, 5.41) is 0. The first kappa shape index (κ1) is 26.8. The number of nitrogens with zero attached hydrogens (tertiary/aromatic N) is 2. The molecule has 0 unspecified atom stereocenters. The molecule has 0 bridgehead atoms. The molecule has 0 radical (unpaired) electrons. The third-order valence-corrected chi connectivity index (χ3v) is 6.51. The van der Waals surface area contributed by atoms with Gasteiger partial charge in [-0.05, 0) is 68.5 Å². The lowest BCUT2D eigenvalue weighted by Gasteiger charge is -2.34. The molecule has 1 aromatic carbocycles. The van der Waals surface area contributed by atoms with Gasteiger partial charge < -0.3 is 4.74 Å². The number of benzene rings is 1. The van der Waals surface area contributed by atoms with E-state index in [2.05, 4.69) is 10.5 Å². The van der Waals surface area contributed by atoms with Crippen molar-refractivity contribution in [1.82, 2.24) is 14.8 Å². The fourth-order valence-electron chi connectivity index (χ4n) is 3.09. The first-order chi connectivity index (χ1) is 15.2. The zero-order valence-corrected chi connectivity index (χ0v) is 21.3. The summed E-state index contributed by atoms with van der Waals surface area (Å²) in [6.45, 7) is 11.3. The van der Waals surface area contributed by atoms with E-state index in [0.29, 0.717) is 11.3 Å². The van der Waals surface area contributed by atoms with Gasteiger partial charge in [-0.15, -0.1) is 0 Å². The predicted molar refractivity (Wildman–Crippen MR) is 127 cm³/mol. The monoisotopic (exact) mass is 477 g/mol. The summed E-state index contributed by atoms with van der Waals surface area (Å²) in [7, 11) is -2.55. The van der Waals surface area contributed by atoms with Gasteiger partial charge in [0.05, 0.1) is 17.6 Å². The Kier molecular flexibility index (Phi) is 8.62. The van der Waals surface area contributed by atoms with Crippen LogP contribution in [0.25, 0.3) is 0 Å². The van der Waals surface area contributed by atoms with Gasteiger partial charge in [-0.1, -0.05) is 26.8 Å². The minimum Gasteiger partial charge on any atom is -0.497 e. The van der Waals surface area contributed by atoms with Crippen LogP contribution < -0.4 is 10.2 Å². The molecule has 2 rings (SSSR count). The molecule has 0 aliphatic rings. The molecule has 1 aromatic heterocycles. The SMILES string of the molecule is COc1ccc(S(=O)(=O)N(Cc2cccnc2)[C@H](CC(C)(C)C)C(=O)NOC(C)(C)C)cc1. The van der Waals surface area contributed by atoms with Crippen LogP contribution in [-0.4, -0.2) is 42.4 Å². The van der Waals surface area contributed by atoms with Crippen molar-refractivity contribution >= 4 is 15.9 Å². The highest BCUT2D eigenvalue weighted by atomic mass is 32.2. The van der Waals surface area contributed by atoms with Crippen molar-refractivity contribution < 1.29 is 22.8 Å². The third kappa shape index (κ3) is 8.10. The van der Waals surface area contributed by atoms with Gasteiger partial charge in [0.2, 0.25) is 10.0 Å². The van der Waals surface area contributed by atoms with E-state index in [4.69, 9.17) is 9.57 Å². The molecule has 33 heavy (non-hydrogen) atoms. The number of hydrogen-bond acceptors (Lipinski definition) is 6. The van der Waals surface area contributed by atoms with Gasteiger partial charge in [0, 0.05) is 18.9 Å². The topological polar surface area (TPSA) is 97.8 Å². The number of methoxy groups -OCH3 is 1. The Morgan fingerprint density at radius 1 is 1.09 bits per heavy atom.